The zero-order chi connectivity index (χ0) is 13.9. The molecule has 0 saturated heterocycles. The number of hydrogen-bond acceptors (Lipinski definition) is 7. The van der Waals surface area contributed by atoms with E-state index in [1.807, 2.05) is 29.9 Å². The third kappa shape index (κ3) is 2.58. The second kappa shape index (κ2) is 5.94. The number of thioether (sulfide) groups is 1. The van der Waals surface area contributed by atoms with Crippen LogP contribution in [0.25, 0.3) is 10.6 Å². The average molecular weight is 322 g/mol. The maximum Gasteiger partial charge on any atom is 0.194 e. The van der Waals surface area contributed by atoms with Crippen molar-refractivity contribution < 1.29 is 5.11 Å². The van der Waals surface area contributed by atoms with Crippen molar-refractivity contribution in [2.75, 3.05) is 6.26 Å². The molecule has 0 unspecified atom stereocenters. The Morgan fingerprint density at radius 2 is 2.25 bits per heavy atom. The smallest absolute Gasteiger partial charge is 0.194 e. The summed E-state index contributed by atoms with van der Waals surface area (Å²) < 4.78 is 1.70. The van der Waals surface area contributed by atoms with Gasteiger partial charge in [0.1, 0.15) is 5.75 Å². The van der Waals surface area contributed by atoms with Gasteiger partial charge >= 0.3 is 0 Å². The monoisotopic (exact) mass is 322 g/mol. The zero-order valence-electron chi connectivity index (χ0n) is 10.4. The van der Waals surface area contributed by atoms with Crippen LogP contribution in [0.1, 0.15) is 5.82 Å². The van der Waals surface area contributed by atoms with Gasteiger partial charge in [-0.3, -0.25) is 0 Å². The van der Waals surface area contributed by atoms with Gasteiger partial charge in [-0.2, -0.15) is 4.68 Å². The average Bonchev–Trinajstić information content (AvgIpc) is 2.97. The van der Waals surface area contributed by atoms with Gasteiger partial charge in [0.05, 0.1) is 10.6 Å². The van der Waals surface area contributed by atoms with Gasteiger partial charge in [-0.15, -0.1) is 16.9 Å². The molecule has 1 aromatic carbocycles. The van der Waals surface area contributed by atoms with Crippen LogP contribution >= 0.6 is 33.3 Å². The van der Waals surface area contributed by atoms with Crippen LogP contribution in [0.15, 0.2) is 40.7 Å². The van der Waals surface area contributed by atoms with E-state index >= 15 is 0 Å². The van der Waals surface area contributed by atoms with Gasteiger partial charge in [-0.1, -0.05) is 16.9 Å². The van der Waals surface area contributed by atoms with E-state index in [9.17, 15) is 5.11 Å². The molecule has 2 heterocycles. The fourth-order valence-corrected chi connectivity index (χ4v) is 4.02. The van der Waals surface area contributed by atoms with Gasteiger partial charge in [0.2, 0.25) is 0 Å². The first-order valence-corrected chi connectivity index (χ1v) is 9.09. The van der Waals surface area contributed by atoms with Gasteiger partial charge < -0.3 is 5.11 Å². The van der Waals surface area contributed by atoms with E-state index in [2.05, 4.69) is 15.5 Å². The number of phenolic OH excluding ortho intramolecular Hbond substituents is 1. The van der Waals surface area contributed by atoms with E-state index in [1.165, 1.54) is 0 Å². The molecule has 0 fully saturated rings. The molecule has 0 amide bonds. The predicted molar refractivity (Wildman–Crippen MR) is 84.9 cm³/mol. The summed E-state index contributed by atoms with van der Waals surface area (Å²) in [5.41, 5.74) is 0.858. The number of aromatic nitrogens is 4. The number of nitrogens with zero attached hydrogens (tertiary/aromatic N) is 4. The summed E-state index contributed by atoms with van der Waals surface area (Å²) in [6, 6.07) is 5.16. The van der Waals surface area contributed by atoms with E-state index in [4.69, 9.17) is 0 Å². The number of phenols is 1. The maximum absolute atomic E-state index is 9.58. The molecule has 1 N–H and O–H groups in total. The van der Waals surface area contributed by atoms with E-state index in [-0.39, 0.29) is 5.75 Å². The van der Waals surface area contributed by atoms with Crippen LogP contribution in [0, 0.1) is 0 Å². The molecule has 0 spiro atoms. The van der Waals surface area contributed by atoms with Crippen molar-refractivity contribution in [2.45, 2.75) is 4.90 Å². The summed E-state index contributed by atoms with van der Waals surface area (Å²) in [7, 11) is 3.25. The topological polar surface area (TPSA) is 63.8 Å². The first-order valence-electron chi connectivity index (χ1n) is 5.66. The van der Waals surface area contributed by atoms with Crippen LogP contribution in [0.4, 0.5) is 0 Å². The normalized spacial score (nSPS) is 14.3. The Bertz CT molecular complexity index is 696. The molecule has 1 aromatic heterocycles. The lowest BCUT2D eigenvalue weighted by atomic mass is 10.3. The lowest BCUT2D eigenvalue weighted by Crippen LogP contribution is -2.03. The highest BCUT2D eigenvalue weighted by molar-refractivity contribution is 8.81. The minimum Gasteiger partial charge on any atom is -0.508 e. The van der Waals surface area contributed by atoms with E-state index in [0.717, 1.165) is 15.5 Å². The third-order valence-electron chi connectivity index (χ3n) is 2.60. The Hall–Kier alpha value is -1.38. The molecule has 3 rings (SSSR count). The molecule has 0 bridgehead atoms. The Morgan fingerprint density at radius 3 is 3.00 bits per heavy atom. The first-order chi connectivity index (χ1) is 9.79. The van der Waals surface area contributed by atoms with Gasteiger partial charge in [0, 0.05) is 4.90 Å². The Labute approximate surface area is 127 Å². The first kappa shape index (κ1) is 13.6. The molecular weight excluding hydrogens is 312 g/mol. The fourth-order valence-electron chi connectivity index (χ4n) is 1.72. The van der Waals surface area contributed by atoms with Gasteiger partial charge in [0.15, 0.2) is 5.82 Å². The molecule has 2 aromatic rings. The summed E-state index contributed by atoms with van der Waals surface area (Å²) in [5, 5.41) is 23.5. The lowest BCUT2D eigenvalue weighted by molar-refractivity contribution is 0.473. The highest BCUT2D eigenvalue weighted by Gasteiger charge is 2.17. The van der Waals surface area contributed by atoms with Crippen molar-refractivity contribution in [2.24, 2.45) is 0 Å². The molecule has 5 nitrogen and oxygen atoms in total. The molecule has 1 aliphatic heterocycles. The summed E-state index contributed by atoms with van der Waals surface area (Å²) in [4.78, 5) is 1.92. The zero-order valence-corrected chi connectivity index (χ0v) is 12.9. The van der Waals surface area contributed by atoms with Crippen molar-refractivity contribution in [3.05, 3.63) is 41.6 Å². The molecule has 0 radical (unpaired) electrons. The second-order valence-corrected chi connectivity index (χ2v) is 6.81. The second-order valence-electron chi connectivity index (χ2n) is 3.81. The summed E-state index contributed by atoms with van der Waals surface area (Å²) in [5.74, 6) is 0.935. The van der Waals surface area contributed by atoms with Gasteiger partial charge in [0.25, 0.3) is 0 Å². The van der Waals surface area contributed by atoms with Crippen molar-refractivity contribution in [3.63, 3.8) is 0 Å². The predicted octanol–water partition coefficient (Wildman–Crippen LogP) is 3.34. The largest absolute Gasteiger partial charge is 0.508 e. The highest BCUT2D eigenvalue weighted by atomic mass is 33.1. The summed E-state index contributed by atoms with van der Waals surface area (Å²) in [6.07, 6.45) is 5.92. The fraction of sp³-hybridized carbons (Fsp3) is 0.0833. The number of allylic oxidation sites excluding steroid dienone is 2. The van der Waals surface area contributed by atoms with Crippen LogP contribution in [0.5, 0.6) is 5.75 Å². The minimum absolute atomic E-state index is 0.234. The van der Waals surface area contributed by atoms with Crippen LogP contribution < -0.4 is 0 Å². The van der Waals surface area contributed by atoms with Crippen LogP contribution in [0.2, 0.25) is 0 Å². The Balaban J connectivity index is 2.10. The highest BCUT2D eigenvalue weighted by Crippen LogP contribution is 2.40. The van der Waals surface area contributed by atoms with E-state index < -0.39 is 0 Å². The number of benzene rings is 1. The molecule has 0 aliphatic carbocycles. The van der Waals surface area contributed by atoms with E-state index in [1.54, 1.807) is 50.2 Å². The van der Waals surface area contributed by atoms with Crippen LogP contribution in [-0.4, -0.2) is 31.6 Å². The number of aromatic hydroxyl groups is 1. The quantitative estimate of drug-likeness (QED) is 0.687. The summed E-state index contributed by atoms with van der Waals surface area (Å²) in [6.45, 7) is 0. The standard InChI is InChI=1S/C12H10N4OS3/c1-18-11-7-8(17)4-5-9(11)16-12(13-14-15-16)10-3-2-6-19-20-10/h2-7,17H,1H3. The molecule has 0 saturated carbocycles. The number of tetrazole rings is 1. The van der Waals surface area contributed by atoms with Crippen molar-refractivity contribution >= 4 is 38.3 Å². The van der Waals surface area contributed by atoms with Gasteiger partial charge in [-0.05, 0) is 57.2 Å². The molecule has 8 heteroatoms. The maximum atomic E-state index is 9.58. The van der Waals surface area contributed by atoms with Crippen molar-refractivity contribution in [1.82, 2.24) is 20.2 Å². The summed E-state index contributed by atoms with van der Waals surface area (Å²) >= 11 is 1.54. The Kier molecular flexibility index (Phi) is 4.04. The lowest BCUT2D eigenvalue weighted by Gasteiger charge is -2.11. The number of hydrogen-bond donors (Lipinski definition) is 1. The van der Waals surface area contributed by atoms with Crippen molar-refractivity contribution in [1.29, 1.82) is 0 Å². The molecule has 102 valence electrons. The third-order valence-corrected chi connectivity index (χ3v) is 5.39. The van der Waals surface area contributed by atoms with Crippen LogP contribution in [0.3, 0.4) is 0 Å². The molecular formula is C12H10N4OS3. The molecule has 20 heavy (non-hydrogen) atoms. The number of rotatable bonds is 3. The van der Waals surface area contributed by atoms with Gasteiger partial charge in [-0.25, -0.2) is 0 Å². The van der Waals surface area contributed by atoms with Crippen LogP contribution in [-0.2, 0) is 0 Å². The minimum atomic E-state index is 0.234. The Morgan fingerprint density at radius 1 is 1.35 bits per heavy atom. The van der Waals surface area contributed by atoms with Crippen molar-refractivity contribution in [3.8, 4) is 11.4 Å². The SMILES string of the molecule is CSc1cc(O)ccc1-n1nnnc1C1=CC=CSS1. The molecule has 0 atom stereocenters. The van der Waals surface area contributed by atoms with E-state index in [0.29, 0.717) is 5.82 Å². The molecule has 1 aliphatic rings.